The number of aryl methyl sites for hydroxylation is 1. The molecule has 1 amide bonds. The second kappa shape index (κ2) is 5.88. The third-order valence-corrected chi connectivity index (χ3v) is 2.75. The number of nitrogens with one attached hydrogen (secondary N) is 2. The molecule has 96 valence electrons. The molecular weight excluding hydrogens is 277 g/mol. The third kappa shape index (κ3) is 3.24. The maximum atomic E-state index is 11.6. The number of halogens is 2. The Bertz CT molecular complexity index is 536. The molecule has 6 nitrogen and oxygen atoms in total. The lowest BCUT2D eigenvalue weighted by Gasteiger charge is -2.04. The predicted octanol–water partition coefficient (Wildman–Crippen LogP) is 1.73. The molecule has 0 radical (unpaired) electrons. The summed E-state index contributed by atoms with van der Waals surface area (Å²) >= 11 is 11.5. The number of hydrogen-bond donors (Lipinski definition) is 2. The molecule has 0 saturated heterocycles. The number of amides is 1. The first-order valence-corrected chi connectivity index (χ1v) is 6.07. The van der Waals surface area contributed by atoms with Gasteiger partial charge in [-0.1, -0.05) is 23.2 Å². The number of carbonyl (C=O) groups excluding carboxylic acids is 1. The first-order chi connectivity index (χ1) is 8.66. The van der Waals surface area contributed by atoms with Crippen molar-refractivity contribution >= 4 is 29.1 Å². The van der Waals surface area contributed by atoms with Gasteiger partial charge in [-0.05, 0) is 6.42 Å². The highest BCUT2D eigenvalue weighted by molar-refractivity contribution is 6.33. The molecule has 2 N–H and O–H groups in total. The zero-order valence-corrected chi connectivity index (χ0v) is 10.9. The van der Waals surface area contributed by atoms with Crippen molar-refractivity contribution in [1.29, 1.82) is 0 Å². The molecule has 0 aliphatic rings. The summed E-state index contributed by atoms with van der Waals surface area (Å²) in [5, 5.41) is 13.9. The summed E-state index contributed by atoms with van der Waals surface area (Å²) in [5.41, 5.74) is 0.277. The molecular formula is C10H11Cl2N5O. The van der Waals surface area contributed by atoms with Crippen LogP contribution >= 0.6 is 23.2 Å². The minimum atomic E-state index is -0.268. The maximum absolute atomic E-state index is 11.6. The third-order valence-electron chi connectivity index (χ3n) is 2.27. The molecule has 0 atom stereocenters. The number of H-pyrrole nitrogens is 1. The summed E-state index contributed by atoms with van der Waals surface area (Å²) in [6.07, 6.45) is 5.44. The van der Waals surface area contributed by atoms with Crippen LogP contribution in [0, 0.1) is 0 Å². The van der Waals surface area contributed by atoms with Crippen LogP contribution in [0.25, 0.3) is 0 Å². The molecule has 2 aromatic heterocycles. The Hall–Kier alpha value is -1.53. The van der Waals surface area contributed by atoms with Gasteiger partial charge in [-0.25, -0.2) is 0 Å². The molecule has 0 aliphatic carbocycles. The fraction of sp³-hybridized carbons (Fsp3) is 0.300. The van der Waals surface area contributed by atoms with E-state index in [-0.39, 0.29) is 11.6 Å². The number of rotatable bonds is 5. The zero-order valence-electron chi connectivity index (χ0n) is 9.36. The van der Waals surface area contributed by atoms with Gasteiger partial charge in [0.05, 0.1) is 22.4 Å². The second-order valence-electron chi connectivity index (χ2n) is 3.62. The lowest BCUT2D eigenvalue weighted by Crippen LogP contribution is -2.25. The number of carbonyl (C=O) groups is 1. The van der Waals surface area contributed by atoms with Gasteiger partial charge in [0.25, 0.3) is 5.91 Å². The van der Waals surface area contributed by atoms with Crippen molar-refractivity contribution in [3.8, 4) is 0 Å². The first-order valence-electron chi connectivity index (χ1n) is 5.32. The highest BCUT2D eigenvalue weighted by Crippen LogP contribution is 2.10. The molecule has 18 heavy (non-hydrogen) atoms. The summed E-state index contributed by atoms with van der Waals surface area (Å²) in [7, 11) is 0. The van der Waals surface area contributed by atoms with Gasteiger partial charge in [0, 0.05) is 19.3 Å². The number of hydrogen-bond acceptors (Lipinski definition) is 3. The Labute approximate surface area is 113 Å². The van der Waals surface area contributed by atoms with Gasteiger partial charge in [0.15, 0.2) is 0 Å². The SMILES string of the molecule is O=C(NCCCn1cc(Cl)cn1)c1[nH]ncc1Cl. The second-order valence-corrected chi connectivity index (χ2v) is 4.47. The average Bonchev–Trinajstić information content (AvgIpc) is 2.93. The summed E-state index contributed by atoms with van der Waals surface area (Å²) < 4.78 is 1.72. The Balaban J connectivity index is 1.73. The molecule has 2 heterocycles. The van der Waals surface area contributed by atoms with Crippen LogP contribution in [-0.4, -0.2) is 32.4 Å². The van der Waals surface area contributed by atoms with E-state index in [9.17, 15) is 4.79 Å². The Morgan fingerprint density at radius 3 is 2.89 bits per heavy atom. The van der Waals surface area contributed by atoms with Crippen LogP contribution in [0.15, 0.2) is 18.6 Å². The van der Waals surface area contributed by atoms with E-state index < -0.39 is 0 Å². The van der Waals surface area contributed by atoms with E-state index >= 15 is 0 Å². The van der Waals surface area contributed by atoms with Gasteiger partial charge >= 0.3 is 0 Å². The lowest BCUT2D eigenvalue weighted by atomic mass is 10.3. The van der Waals surface area contributed by atoms with Crippen LogP contribution in [0.4, 0.5) is 0 Å². The van der Waals surface area contributed by atoms with E-state index in [1.54, 1.807) is 17.1 Å². The Morgan fingerprint density at radius 2 is 2.28 bits per heavy atom. The minimum Gasteiger partial charge on any atom is -0.351 e. The van der Waals surface area contributed by atoms with Crippen LogP contribution in [0.3, 0.4) is 0 Å². The largest absolute Gasteiger partial charge is 0.351 e. The molecule has 0 unspecified atom stereocenters. The van der Waals surface area contributed by atoms with E-state index in [0.29, 0.717) is 23.1 Å². The van der Waals surface area contributed by atoms with Crippen molar-refractivity contribution in [2.24, 2.45) is 0 Å². The maximum Gasteiger partial charge on any atom is 0.270 e. The fourth-order valence-electron chi connectivity index (χ4n) is 1.42. The van der Waals surface area contributed by atoms with Gasteiger partial charge in [-0.2, -0.15) is 10.2 Å². The van der Waals surface area contributed by atoms with Crippen molar-refractivity contribution in [2.45, 2.75) is 13.0 Å². The number of aromatic nitrogens is 4. The quantitative estimate of drug-likeness (QED) is 0.823. The average molecular weight is 288 g/mol. The molecule has 8 heteroatoms. The molecule has 0 saturated carbocycles. The van der Waals surface area contributed by atoms with Gasteiger partial charge in [0.2, 0.25) is 0 Å². The molecule has 0 bridgehead atoms. The number of aromatic amines is 1. The van der Waals surface area contributed by atoms with Gasteiger partial charge in [-0.3, -0.25) is 14.6 Å². The first kappa shape index (κ1) is 12.9. The standard InChI is InChI=1S/C10H11Cl2N5O/c11-7-4-15-17(6-7)3-1-2-13-10(18)9-8(12)5-14-16-9/h4-6H,1-3H2,(H,13,18)(H,14,16). The van der Waals surface area contributed by atoms with Crippen LogP contribution in [0.5, 0.6) is 0 Å². The summed E-state index contributed by atoms with van der Waals surface area (Å²) in [6.45, 7) is 1.20. The molecule has 2 rings (SSSR count). The molecule has 0 spiro atoms. The van der Waals surface area contributed by atoms with E-state index in [0.717, 1.165) is 6.42 Å². The highest BCUT2D eigenvalue weighted by Gasteiger charge is 2.11. The van der Waals surface area contributed by atoms with E-state index in [1.807, 2.05) is 0 Å². The van der Waals surface area contributed by atoms with Crippen LogP contribution in [0.1, 0.15) is 16.9 Å². The summed E-state index contributed by atoms with van der Waals surface area (Å²) in [4.78, 5) is 11.6. The van der Waals surface area contributed by atoms with Crippen molar-refractivity contribution in [2.75, 3.05) is 6.54 Å². The molecule has 0 aliphatic heterocycles. The van der Waals surface area contributed by atoms with Crippen LogP contribution in [0.2, 0.25) is 10.0 Å². The van der Waals surface area contributed by atoms with E-state index in [4.69, 9.17) is 23.2 Å². The van der Waals surface area contributed by atoms with E-state index in [2.05, 4.69) is 20.6 Å². The van der Waals surface area contributed by atoms with Gasteiger partial charge < -0.3 is 5.32 Å². The minimum absolute atomic E-state index is 0.268. The molecule has 0 fully saturated rings. The van der Waals surface area contributed by atoms with Crippen molar-refractivity contribution in [3.05, 3.63) is 34.3 Å². The van der Waals surface area contributed by atoms with Crippen LogP contribution < -0.4 is 5.32 Å². The summed E-state index contributed by atoms with van der Waals surface area (Å²) in [6, 6.07) is 0. The zero-order chi connectivity index (χ0) is 13.0. The van der Waals surface area contributed by atoms with Gasteiger partial charge in [-0.15, -0.1) is 0 Å². The smallest absolute Gasteiger partial charge is 0.270 e. The van der Waals surface area contributed by atoms with Gasteiger partial charge in [0.1, 0.15) is 5.69 Å². The normalized spacial score (nSPS) is 10.6. The monoisotopic (exact) mass is 287 g/mol. The Morgan fingerprint density at radius 1 is 1.44 bits per heavy atom. The predicted molar refractivity (Wildman–Crippen MR) is 67.8 cm³/mol. The molecule has 0 aromatic carbocycles. The summed E-state index contributed by atoms with van der Waals surface area (Å²) in [5.74, 6) is -0.268. The lowest BCUT2D eigenvalue weighted by molar-refractivity contribution is 0.0947. The van der Waals surface area contributed by atoms with Crippen LogP contribution in [-0.2, 0) is 6.54 Å². The Kier molecular flexibility index (Phi) is 4.22. The molecule has 2 aromatic rings. The van der Waals surface area contributed by atoms with Crippen molar-refractivity contribution < 1.29 is 4.79 Å². The van der Waals surface area contributed by atoms with Crippen molar-refractivity contribution in [1.82, 2.24) is 25.3 Å². The highest BCUT2D eigenvalue weighted by atomic mass is 35.5. The topological polar surface area (TPSA) is 75.6 Å². The number of nitrogens with zero attached hydrogens (tertiary/aromatic N) is 3. The van der Waals surface area contributed by atoms with E-state index in [1.165, 1.54) is 6.20 Å². The van der Waals surface area contributed by atoms with Crippen molar-refractivity contribution in [3.63, 3.8) is 0 Å². The fourth-order valence-corrected chi connectivity index (χ4v) is 1.76.